The van der Waals surface area contributed by atoms with Crippen LogP contribution in [-0.4, -0.2) is 11.3 Å². The van der Waals surface area contributed by atoms with Gasteiger partial charge in [0.1, 0.15) is 6.23 Å². The molecule has 46 valence electrons. The molecule has 0 spiro atoms. The molecule has 0 aliphatic heterocycles. The van der Waals surface area contributed by atoms with E-state index in [1.807, 2.05) is 0 Å². The molecule has 0 heterocycles. The summed E-state index contributed by atoms with van der Waals surface area (Å²) in [7, 11) is 0. The highest BCUT2D eigenvalue weighted by Crippen LogP contribution is 2.65. The molecule has 2 bridgehead atoms. The zero-order valence-electron chi connectivity index (χ0n) is 4.80. The van der Waals surface area contributed by atoms with E-state index < -0.39 is 6.23 Å². The van der Waals surface area contributed by atoms with E-state index in [1.54, 1.807) is 0 Å². The maximum atomic E-state index is 8.95. The molecule has 0 aromatic heterocycles. The van der Waals surface area contributed by atoms with Gasteiger partial charge in [-0.25, -0.2) is 0 Å². The Labute approximate surface area is 48.7 Å². The molecule has 2 heteroatoms. The second-order valence-electron chi connectivity index (χ2n) is 3.29. The molecule has 2 nitrogen and oxygen atoms in total. The fraction of sp³-hybridized carbons (Fsp3) is 1.00. The number of rotatable bonds is 1. The molecule has 0 saturated heterocycles. The zero-order valence-corrected chi connectivity index (χ0v) is 4.80. The van der Waals surface area contributed by atoms with Gasteiger partial charge in [0.25, 0.3) is 0 Å². The lowest BCUT2D eigenvalue weighted by Gasteiger charge is -2.63. The highest BCUT2D eigenvalue weighted by molar-refractivity contribution is 5.08. The monoisotopic (exact) mass is 113 g/mol. The van der Waals surface area contributed by atoms with Crippen molar-refractivity contribution >= 4 is 0 Å². The maximum Gasteiger partial charge on any atom is 0.108 e. The number of hydrogen-bond acceptors (Lipinski definition) is 2. The largest absolute Gasteiger partial charge is 0.378 e. The van der Waals surface area contributed by atoms with Crippen molar-refractivity contribution in [3.8, 4) is 0 Å². The summed E-state index contributed by atoms with van der Waals surface area (Å²) in [5.74, 6) is 0.924. The summed E-state index contributed by atoms with van der Waals surface area (Å²) in [5.41, 5.74) is 5.52. The van der Waals surface area contributed by atoms with Gasteiger partial charge in [-0.2, -0.15) is 0 Å². The molecule has 8 heavy (non-hydrogen) atoms. The van der Waals surface area contributed by atoms with E-state index in [2.05, 4.69) is 0 Å². The zero-order chi connectivity index (χ0) is 5.78. The van der Waals surface area contributed by atoms with Gasteiger partial charge in [-0.3, -0.25) is 0 Å². The number of nitrogens with two attached hydrogens (primary N) is 1. The van der Waals surface area contributed by atoms with Crippen LogP contribution in [0.1, 0.15) is 19.3 Å². The van der Waals surface area contributed by atoms with Crippen molar-refractivity contribution < 1.29 is 5.11 Å². The van der Waals surface area contributed by atoms with Crippen LogP contribution in [0.25, 0.3) is 0 Å². The second kappa shape index (κ2) is 1.09. The van der Waals surface area contributed by atoms with E-state index in [9.17, 15) is 0 Å². The van der Waals surface area contributed by atoms with Crippen LogP contribution in [0.5, 0.6) is 0 Å². The van der Waals surface area contributed by atoms with Crippen molar-refractivity contribution in [3.05, 3.63) is 0 Å². The molecule has 3 aliphatic carbocycles. The van der Waals surface area contributed by atoms with E-state index in [1.165, 1.54) is 19.3 Å². The van der Waals surface area contributed by atoms with Gasteiger partial charge >= 0.3 is 0 Å². The van der Waals surface area contributed by atoms with Gasteiger partial charge in [-0.15, -0.1) is 0 Å². The summed E-state index contributed by atoms with van der Waals surface area (Å²) in [6.07, 6.45) is 3.02. The highest BCUT2D eigenvalue weighted by Gasteiger charge is 2.59. The molecule has 1 atom stereocenters. The lowest BCUT2D eigenvalue weighted by atomic mass is 9.44. The topological polar surface area (TPSA) is 46.2 Å². The van der Waals surface area contributed by atoms with Crippen LogP contribution >= 0.6 is 0 Å². The van der Waals surface area contributed by atoms with Gasteiger partial charge in [0.05, 0.1) is 0 Å². The van der Waals surface area contributed by atoms with E-state index in [0.29, 0.717) is 0 Å². The van der Waals surface area contributed by atoms with Crippen molar-refractivity contribution in [1.82, 2.24) is 0 Å². The van der Waals surface area contributed by atoms with Crippen molar-refractivity contribution in [2.75, 3.05) is 0 Å². The molecule has 3 fully saturated rings. The summed E-state index contributed by atoms with van der Waals surface area (Å²) in [5, 5.41) is 8.95. The summed E-state index contributed by atoms with van der Waals surface area (Å²) >= 11 is 0. The van der Waals surface area contributed by atoms with Crippen LogP contribution in [-0.2, 0) is 0 Å². The fourth-order valence-electron chi connectivity index (χ4n) is 1.91. The molecule has 3 aliphatic rings. The number of aliphatic hydroxyl groups is 1. The highest BCUT2D eigenvalue weighted by atomic mass is 16.3. The maximum absolute atomic E-state index is 8.95. The molecule has 0 amide bonds. The van der Waals surface area contributed by atoms with Crippen LogP contribution in [0.15, 0.2) is 0 Å². The van der Waals surface area contributed by atoms with Gasteiger partial charge in [0, 0.05) is 5.41 Å². The van der Waals surface area contributed by atoms with Gasteiger partial charge in [0.2, 0.25) is 0 Å². The fourth-order valence-corrected chi connectivity index (χ4v) is 1.91. The average molecular weight is 113 g/mol. The molecular formula is C6H11NO. The number of hydrogen-bond donors (Lipinski definition) is 2. The average Bonchev–Trinajstić information content (AvgIpc) is 1.16. The molecular weight excluding hydrogens is 102 g/mol. The first-order valence-corrected chi connectivity index (χ1v) is 3.17. The van der Waals surface area contributed by atoms with Crippen molar-refractivity contribution in [2.24, 2.45) is 17.1 Å². The summed E-state index contributed by atoms with van der Waals surface area (Å²) in [4.78, 5) is 0. The van der Waals surface area contributed by atoms with Gasteiger partial charge < -0.3 is 10.8 Å². The molecule has 3 rings (SSSR count). The van der Waals surface area contributed by atoms with E-state index >= 15 is 0 Å². The first kappa shape index (κ1) is 4.77. The quantitative estimate of drug-likeness (QED) is 0.472. The molecule has 0 aromatic carbocycles. The minimum atomic E-state index is -0.535. The lowest BCUT2D eigenvalue weighted by molar-refractivity contribution is -0.180. The van der Waals surface area contributed by atoms with E-state index in [4.69, 9.17) is 10.8 Å². The van der Waals surface area contributed by atoms with E-state index in [-0.39, 0.29) is 5.41 Å². The van der Waals surface area contributed by atoms with Gasteiger partial charge in [-0.05, 0) is 25.2 Å². The van der Waals surface area contributed by atoms with Crippen LogP contribution in [0.4, 0.5) is 0 Å². The Kier molecular flexibility index (Phi) is 0.649. The minimum absolute atomic E-state index is 0.199. The van der Waals surface area contributed by atoms with Gasteiger partial charge in [-0.1, -0.05) is 0 Å². The Morgan fingerprint density at radius 1 is 1.50 bits per heavy atom. The first-order chi connectivity index (χ1) is 3.73. The minimum Gasteiger partial charge on any atom is -0.378 e. The standard InChI is InChI=1S/C6H11NO/c7-5(8)6-1-4(2-6)3-6/h4-5,8H,1-3,7H2. The first-order valence-electron chi connectivity index (χ1n) is 3.17. The van der Waals surface area contributed by atoms with Crippen LogP contribution in [0.2, 0.25) is 0 Å². The molecule has 1 unspecified atom stereocenters. The molecule has 0 aromatic rings. The third kappa shape index (κ3) is 0.327. The molecule has 3 saturated carbocycles. The summed E-state index contributed by atoms with van der Waals surface area (Å²) in [6.45, 7) is 0. The summed E-state index contributed by atoms with van der Waals surface area (Å²) < 4.78 is 0. The van der Waals surface area contributed by atoms with Crippen LogP contribution in [0, 0.1) is 11.3 Å². The van der Waals surface area contributed by atoms with Crippen LogP contribution in [0.3, 0.4) is 0 Å². The van der Waals surface area contributed by atoms with Crippen LogP contribution < -0.4 is 5.73 Å². The Bertz CT molecular complexity index is 105. The Balaban J connectivity index is 2.04. The van der Waals surface area contributed by atoms with Crippen molar-refractivity contribution in [2.45, 2.75) is 25.5 Å². The molecule has 0 radical (unpaired) electrons. The van der Waals surface area contributed by atoms with Crippen molar-refractivity contribution in [1.29, 1.82) is 0 Å². The third-order valence-corrected chi connectivity index (χ3v) is 2.71. The smallest absolute Gasteiger partial charge is 0.108 e. The Morgan fingerprint density at radius 3 is 2.00 bits per heavy atom. The lowest BCUT2D eigenvalue weighted by Crippen LogP contribution is -2.61. The van der Waals surface area contributed by atoms with Gasteiger partial charge in [0.15, 0.2) is 0 Å². The predicted molar refractivity (Wildman–Crippen MR) is 30.0 cm³/mol. The predicted octanol–water partition coefficient (Wildman–Crippen LogP) is 0.0636. The normalized spacial score (nSPS) is 54.0. The van der Waals surface area contributed by atoms with Crippen molar-refractivity contribution in [3.63, 3.8) is 0 Å². The second-order valence-corrected chi connectivity index (χ2v) is 3.29. The Morgan fingerprint density at radius 2 is 2.00 bits per heavy atom. The summed E-state index contributed by atoms with van der Waals surface area (Å²) in [6, 6.07) is 0. The number of aliphatic hydroxyl groups excluding tert-OH is 1. The SMILES string of the molecule is NC(O)C12CC(C1)C2. The van der Waals surface area contributed by atoms with E-state index in [0.717, 1.165) is 5.92 Å². The third-order valence-electron chi connectivity index (χ3n) is 2.71. The molecule has 3 N–H and O–H groups in total. The Hall–Kier alpha value is -0.0800.